The van der Waals surface area contributed by atoms with Crippen LogP contribution in [0.5, 0.6) is 0 Å². The first kappa shape index (κ1) is 8.02. The fraction of sp³-hybridized carbons (Fsp3) is 0.400. The maximum atomic E-state index is 5.53. The minimum atomic E-state index is 0.670. The number of rotatable bonds is 3. The molecule has 1 saturated carbocycles. The van der Waals surface area contributed by atoms with E-state index in [1.807, 2.05) is 11.3 Å². The van der Waals surface area contributed by atoms with Crippen LogP contribution in [0.4, 0.5) is 0 Å². The molecule has 0 atom stereocenters. The van der Waals surface area contributed by atoms with E-state index in [1.54, 1.807) is 0 Å². The molecule has 1 fully saturated rings. The molecule has 1 aromatic rings. The van der Waals surface area contributed by atoms with Gasteiger partial charge in [-0.15, -0.1) is 11.3 Å². The Morgan fingerprint density at radius 1 is 1.67 bits per heavy atom. The highest BCUT2D eigenvalue weighted by atomic mass is 32.1. The molecule has 1 aliphatic rings. The Morgan fingerprint density at radius 2 is 2.50 bits per heavy atom. The molecule has 2 N–H and O–H groups in total. The maximum absolute atomic E-state index is 5.53. The van der Waals surface area contributed by atoms with E-state index in [1.165, 1.54) is 23.3 Å². The highest BCUT2D eigenvalue weighted by Crippen LogP contribution is 2.42. The standard InChI is InChI=1S/C10H13NS/c11-6-5-9(8-3-4-8)10-2-1-7-12-10/h1-2,5,7-8H,3-4,6,11H2. The normalized spacial score (nSPS) is 18.2. The van der Waals surface area contributed by atoms with Gasteiger partial charge in [0, 0.05) is 11.4 Å². The Balaban J connectivity index is 2.22. The van der Waals surface area contributed by atoms with Gasteiger partial charge >= 0.3 is 0 Å². The lowest BCUT2D eigenvalue weighted by atomic mass is 10.1. The van der Waals surface area contributed by atoms with Gasteiger partial charge in [-0.1, -0.05) is 12.1 Å². The third-order valence-electron chi connectivity index (χ3n) is 2.16. The van der Waals surface area contributed by atoms with Crippen LogP contribution >= 0.6 is 11.3 Å². The van der Waals surface area contributed by atoms with Crippen molar-refractivity contribution in [3.8, 4) is 0 Å². The average molecular weight is 179 g/mol. The summed E-state index contributed by atoms with van der Waals surface area (Å²) < 4.78 is 0. The second-order valence-corrected chi connectivity index (χ2v) is 4.09. The quantitative estimate of drug-likeness (QED) is 0.758. The minimum Gasteiger partial charge on any atom is -0.327 e. The fourth-order valence-corrected chi connectivity index (χ4v) is 2.28. The lowest BCUT2D eigenvalue weighted by Crippen LogP contribution is -1.95. The van der Waals surface area contributed by atoms with Crippen molar-refractivity contribution in [3.63, 3.8) is 0 Å². The van der Waals surface area contributed by atoms with Crippen LogP contribution < -0.4 is 5.73 Å². The van der Waals surface area contributed by atoms with Gasteiger partial charge in [0.1, 0.15) is 0 Å². The van der Waals surface area contributed by atoms with Gasteiger partial charge in [0.05, 0.1) is 0 Å². The maximum Gasteiger partial charge on any atom is 0.0302 e. The van der Waals surface area contributed by atoms with Crippen LogP contribution in [0.1, 0.15) is 17.7 Å². The van der Waals surface area contributed by atoms with Gasteiger partial charge in [-0.25, -0.2) is 0 Å². The molecule has 1 aliphatic carbocycles. The summed E-state index contributed by atoms with van der Waals surface area (Å²) >= 11 is 1.82. The number of thiophene rings is 1. The van der Waals surface area contributed by atoms with Crippen molar-refractivity contribution in [2.75, 3.05) is 6.54 Å². The monoisotopic (exact) mass is 179 g/mol. The van der Waals surface area contributed by atoms with E-state index in [9.17, 15) is 0 Å². The molecule has 2 heteroatoms. The van der Waals surface area contributed by atoms with Gasteiger partial charge in [-0.3, -0.25) is 0 Å². The Bertz CT molecular complexity index is 270. The molecule has 0 aromatic carbocycles. The molecule has 2 rings (SSSR count). The topological polar surface area (TPSA) is 26.0 Å². The van der Waals surface area contributed by atoms with Crippen molar-refractivity contribution in [3.05, 3.63) is 28.5 Å². The van der Waals surface area contributed by atoms with Crippen molar-refractivity contribution in [1.29, 1.82) is 0 Å². The fourth-order valence-electron chi connectivity index (χ4n) is 1.43. The average Bonchev–Trinajstić information content (AvgIpc) is 2.77. The van der Waals surface area contributed by atoms with Crippen LogP contribution in [0, 0.1) is 5.92 Å². The lowest BCUT2D eigenvalue weighted by molar-refractivity contribution is 1.13. The van der Waals surface area contributed by atoms with Gasteiger partial charge in [-0.2, -0.15) is 0 Å². The Kier molecular flexibility index (Phi) is 2.28. The van der Waals surface area contributed by atoms with Crippen molar-refractivity contribution in [2.24, 2.45) is 11.7 Å². The molecule has 12 heavy (non-hydrogen) atoms. The molecule has 64 valence electrons. The van der Waals surface area contributed by atoms with Crippen LogP contribution in [-0.4, -0.2) is 6.54 Å². The number of hydrogen-bond donors (Lipinski definition) is 1. The van der Waals surface area contributed by atoms with Crippen molar-refractivity contribution in [2.45, 2.75) is 12.8 Å². The SMILES string of the molecule is NCC=C(c1cccs1)C1CC1. The molecule has 1 aromatic heterocycles. The van der Waals surface area contributed by atoms with Gasteiger partial charge in [0.25, 0.3) is 0 Å². The van der Waals surface area contributed by atoms with Gasteiger partial charge in [0.15, 0.2) is 0 Å². The highest BCUT2D eigenvalue weighted by molar-refractivity contribution is 7.11. The zero-order chi connectivity index (χ0) is 8.39. The molecule has 0 unspecified atom stereocenters. The van der Waals surface area contributed by atoms with E-state index < -0.39 is 0 Å². The Labute approximate surface area is 76.9 Å². The third kappa shape index (κ3) is 1.59. The Hall–Kier alpha value is -0.600. The first-order valence-corrected chi connectivity index (χ1v) is 5.24. The molecular weight excluding hydrogens is 166 g/mol. The molecule has 0 saturated heterocycles. The van der Waals surface area contributed by atoms with Gasteiger partial charge in [-0.05, 0) is 35.8 Å². The van der Waals surface area contributed by atoms with Gasteiger partial charge < -0.3 is 5.73 Å². The van der Waals surface area contributed by atoms with Crippen LogP contribution in [-0.2, 0) is 0 Å². The second kappa shape index (κ2) is 3.42. The van der Waals surface area contributed by atoms with E-state index in [0.717, 1.165) is 5.92 Å². The molecule has 0 amide bonds. The Morgan fingerprint density at radius 3 is 3.00 bits per heavy atom. The first-order valence-electron chi connectivity index (χ1n) is 4.36. The van der Waals surface area contributed by atoms with Gasteiger partial charge in [0.2, 0.25) is 0 Å². The molecule has 1 heterocycles. The molecular formula is C10H13NS. The zero-order valence-corrected chi connectivity index (χ0v) is 7.81. The number of allylic oxidation sites excluding steroid dienone is 1. The van der Waals surface area contributed by atoms with E-state index >= 15 is 0 Å². The second-order valence-electron chi connectivity index (χ2n) is 3.15. The third-order valence-corrected chi connectivity index (χ3v) is 3.08. The van der Waals surface area contributed by atoms with Crippen molar-refractivity contribution < 1.29 is 0 Å². The van der Waals surface area contributed by atoms with Crippen LogP contribution in [0.3, 0.4) is 0 Å². The zero-order valence-electron chi connectivity index (χ0n) is 6.99. The van der Waals surface area contributed by atoms with E-state index in [-0.39, 0.29) is 0 Å². The van der Waals surface area contributed by atoms with Crippen LogP contribution in [0.15, 0.2) is 23.6 Å². The summed E-state index contributed by atoms with van der Waals surface area (Å²) in [4.78, 5) is 1.41. The smallest absolute Gasteiger partial charge is 0.0302 e. The van der Waals surface area contributed by atoms with E-state index in [2.05, 4.69) is 23.6 Å². The number of nitrogens with two attached hydrogens (primary N) is 1. The summed E-state index contributed by atoms with van der Waals surface area (Å²) in [7, 11) is 0. The summed E-state index contributed by atoms with van der Waals surface area (Å²) in [6.07, 6.45) is 4.87. The van der Waals surface area contributed by atoms with E-state index in [0.29, 0.717) is 6.54 Å². The number of hydrogen-bond acceptors (Lipinski definition) is 2. The first-order chi connectivity index (χ1) is 5.92. The highest BCUT2D eigenvalue weighted by Gasteiger charge is 2.26. The summed E-state index contributed by atoms with van der Waals surface area (Å²) in [6.45, 7) is 0.670. The molecule has 1 nitrogen and oxygen atoms in total. The molecule has 0 aliphatic heterocycles. The predicted molar refractivity (Wildman–Crippen MR) is 54.1 cm³/mol. The largest absolute Gasteiger partial charge is 0.327 e. The van der Waals surface area contributed by atoms with Crippen molar-refractivity contribution in [1.82, 2.24) is 0 Å². The summed E-state index contributed by atoms with van der Waals surface area (Å²) in [6, 6.07) is 4.29. The summed E-state index contributed by atoms with van der Waals surface area (Å²) in [5.41, 5.74) is 7.01. The molecule has 0 spiro atoms. The van der Waals surface area contributed by atoms with E-state index in [4.69, 9.17) is 5.73 Å². The van der Waals surface area contributed by atoms with Crippen LogP contribution in [0.25, 0.3) is 5.57 Å². The minimum absolute atomic E-state index is 0.670. The summed E-state index contributed by atoms with van der Waals surface area (Å²) in [5, 5.41) is 2.13. The van der Waals surface area contributed by atoms with Crippen LogP contribution in [0.2, 0.25) is 0 Å². The molecule has 0 radical (unpaired) electrons. The molecule has 0 bridgehead atoms. The predicted octanol–water partition coefficient (Wildman–Crippen LogP) is 2.50. The lowest BCUT2D eigenvalue weighted by Gasteiger charge is -2.00. The van der Waals surface area contributed by atoms with Crippen molar-refractivity contribution >= 4 is 16.9 Å². The summed E-state index contributed by atoms with van der Waals surface area (Å²) in [5.74, 6) is 0.812.